The van der Waals surface area contributed by atoms with E-state index in [1.165, 1.54) is 44.9 Å². The zero-order valence-electron chi connectivity index (χ0n) is 20.8. The topological polar surface area (TPSA) is 69.5 Å². The molecule has 0 unspecified atom stereocenters. The highest BCUT2D eigenvalue weighted by Crippen LogP contribution is 2.23. The molecule has 2 aromatic rings. The van der Waals surface area contributed by atoms with Crippen LogP contribution in [0, 0.1) is 0 Å². The number of carbonyl (C=O) groups is 1. The lowest BCUT2D eigenvalue weighted by Crippen LogP contribution is -2.11. The van der Waals surface area contributed by atoms with Crippen LogP contribution in [0.2, 0.25) is 0 Å². The van der Waals surface area contributed by atoms with Crippen LogP contribution in [0.5, 0.6) is 11.5 Å². The quantitative estimate of drug-likeness (QED) is 0.0954. The zero-order chi connectivity index (χ0) is 24.3. The fourth-order valence-electron chi connectivity index (χ4n) is 3.27. The third-order valence-corrected chi connectivity index (χ3v) is 5.30. The molecule has 0 radical (unpaired) electrons. The molecule has 0 saturated heterocycles. The van der Waals surface area contributed by atoms with E-state index in [9.17, 15) is 4.79 Å². The van der Waals surface area contributed by atoms with Crippen LogP contribution in [0.4, 0.5) is 11.4 Å². The minimum absolute atomic E-state index is 0.245. The molecule has 6 nitrogen and oxygen atoms in total. The molecule has 0 aromatic heterocycles. The third kappa shape index (κ3) is 12.5. The highest BCUT2D eigenvalue weighted by molar-refractivity contribution is 5.72. The predicted octanol–water partition coefficient (Wildman–Crippen LogP) is 8.34. The molecule has 0 aliphatic heterocycles. The van der Waals surface area contributed by atoms with Crippen molar-refractivity contribution in [2.24, 2.45) is 10.2 Å². The first-order chi connectivity index (χ1) is 16.7. The van der Waals surface area contributed by atoms with Gasteiger partial charge in [0.25, 0.3) is 0 Å². The third-order valence-electron chi connectivity index (χ3n) is 5.30. The molecule has 2 aromatic carbocycles. The maximum absolute atomic E-state index is 12.0. The number of carbonyl (C=O) groups excluding carboxylic acids is 1. The number of benzene rings is 2. The molecule has 0 heterocycles. The number of hydrogen-bond donors (Lipinski definition) is 0. The average molecular weight is 469 g/mol. The first-order valence-electron chi connectivity index (χ1n) is 12.7. The smallest absolute Gasteiger partial charge is 0.313 e. The van der Waals surface area contributed by atoms with Gasteiger partial charge in [0.05, 0.1) is 31.0 Å². The molecule has 0 atom stereocenters. The lowest BCUT2D eigenvalue weighted by Gasteiger charge is -2.06. The van der Waals surface area contributed by atoms with Crippen molar-refractivity contribution >= 4 is 17.3 Å². The second-order valence-corrected chi connectivity index (χ2v) is 8.35. The zero-order valence-corrected chi connectivity index (χ0v) is 20.8. The van der Waals surface area contributed by atoms with Gasteiger partial charge in [0.2, 0.25) is 0 Å². The molecule has 0 amide bonds. The maximum atomic E-state index is 12.0. The van der Waals surface area contributed by atoms with Gasteiger partial charge in [-0.3, -0.25) is 4.79 Å². The number of azo groups is 1. The summed E-state index contributed by atoms with van der Waals surface area (Å²) in [5.41, 5.74) is 1.43. The second kappa shape index (κ2) is 17.7. The van der Waals surface area contributed by atoms with Crippen LogP contribution < -0.4 is 9.47 Å². The summed E-state index contributed by atoms with van der Waals surface area (Å²) in [6.07, 6.45) is 11.0. The van der Waals surface area contributed by atoms with E-state index < -0.39 is 0 Å². The monoisotopic (exact) mass is 468 g/mol. The van der Waals surface area contributed by atoms with Crippen LogP contribution in [0.25, 0.3) is 0 Å². The van der Waals surface area contributed by atoms with Crippen molar-refractivity contribution in [2.75, 3.05) is 19.8 Å². The molecule has 0 aliphatic rings. The number of nitrogens with zero attached hydrogens (tertiary/aromatic N) is 2. The average Bonchev–Trinajstić information content (AvgIpc) is 2.86. The number of unbranched alkanes of at least 4 members (excludes halogenated alkanes) is 7. The summed E-state index contributed by atoms with van der Waals surface area (Å²) in [4.78, 5) is 12.0. The fraction of sp³-hybridized carbons (Fsp3) is 0.536. The molecule has 34 heavy (non-hydrogen) atoms. The minimum Gasteiger partial charge on any atom is -0.494 e. The molecule has 0 aliphatic carbocycles. The van der Waals surface area contributed by atoms with Crippen LogP contribution in [-0.2, 0) is 9.53 Å². The van der Waals surface area contributed by atoms with Crippen molar-refractivity contribution < 1.29 is 19.0 Å². The molecule has 0 spiro atoms. The largest absolute Gasteiger partial charge is 0.494 e. The molecular weight excluding hydrogens is 428 g/mol. The number of esters is 1. The van der Waals surface area contributed by atoms with Gasteiger partial charge in [-0.2, -0.15) is 10.2 Å². The van der Waals surface area contributed by atoms with E-state index in [1.807, 2.05) is 24.3 Å². The van der Waals surface area contributed by atoms with Gasteiger partial charge in [0, 0.05) is 6.61 Å². The van der Waals surface area contributed by atoms with E-state index in [2.05, 4.69) is 24.1 Å². The Morgan fingerprint density at radius 2 is 1.18 bits per heavy atom. The minimum atomic E-state index is -0.298. The molecule has 2 rings (SSSR count). The fourth-order valence-corrected chi connectivity index (χ4v) is 3.27. The van der Waals surface area contributed by atoms with E-state index in [0.717, 1.165) is 30.9 Å². The predicted molar refractivity (Wildman–Crippen MR) is 137 cm³/mol. The van der Waals surface area contributed by atoms with Crippen molar-refractivity contribution in [1.29, 1.82) is 0 Å². The van der Waals surface area contributed by atoms with E-state index in [-0.39, 0.29) is 12.4 Å². The summed E-state index contributed by atoms with van der Waals surface area (Å²) in [6, 6.07) is 14.6. The van der Waals surface area contributed by atoms with E-state index in [0.29, 0.717) is 24.7 Å². The van der Waals surface area contributed by atoms with Crippen molar-refractivity contribution in [3.63, 3.8) is 0 Å². The normalized spacial score (nSPS) is 11.1. The maximum Gasteiger partial charge on any atom is 0.313 e. The Hall–Kier alpha value is -2.73. The Labute approximate surface area is 204 Å². The first kappa shape index (κ1) is 27.5. The Balaban J connectivity index is 1.65. The summed E-state index contributed by atoms with van der Waals surface area (Å²) in [7, 11) is 0. The number of rotatable bonds is 18. The first-order valence-corrected chi connectivity index (χ1v) is 12.7. The van der Waals surface area contributed by atoms with Gasteiger partial charge in [-0.25, -0.2) is 0 Å². The highest BCUT2D eigenvalue weighted by atomic mass is 16.5. The van der Waals surface area contributed by atoms with Crippen molar-refractivity contribution in [1.82, 2.24) is 0 Å². The van der Waals surface area contributed by atoms with Crippen molar-refractivity contribution in [3.05, 3.63) is 48.5 Å². The summed E-state index contributed by atoms with van der Waals surface area (Å²) in [6.45, 7) is 6.23. The molecule has 0 saturated carbocycles. The van der Waals surface area contributed by atoms with E-state index in [4.69, 9.17) is 14.2 Å². The number of ether oxygens (including phenoxy) is 3. The molecular formula is C28H40N2O4. The standard InChI is InChI=1S/C28H40N2O4/c1-3-5-7-9-10-21-32-23-20-28(31)34-27-18-14-25(15-19-27)30-29-24-12-16-26(17-13-24)33-22-11-8-6-4-2/h12-19H,3-11,20-23H2,1-2H3. The molecule has 0 fully saturated rings. The van der Waals surface area contributed by atoms with Crippen LogP contribution >= 0.6 is 0 Å². The Morgan fingerprint density at radius 1 is 0.647 bits per heavy atom. The van der Waals surface area contributed by atoms with Gasteiger partial charge in [-0.15, -0.1) is 0 Å². The van der Waals surface area contributed by atoms with Crippen LogP contribution in [0.1, 0.15) is 78.1 Å². The molecule has 6 heteroatoms. The van der Waals surface area contributed by atoms with Crippen LogP contribution in [-0.4, -0.2) is 25.8 Å². The summed E-state index contributed by atoms with van der Waals surface area (Å²) in [5.74, 6) is 1.04. The summed E-state index contributed by atoms with van der Waals surface area (Å²) >= 11 is 0. The van der Waals surface area contributed by atoms with E-state index in [1.54, 1.807) is 24.3 Å². The van der Waals surface area contributed by atoms with Gasteiger partial charge >= 0.3 is 5.97 Å². The SMILES string of the molecule is CCCCCCCOCCC(=O)Oc1ccc(N=Nc2ccc(OCCCCCC)cc2)cc1. The van der Waals surface area contributed by atoms with Crippen LogP contribution in [0.15, 0.2) is 58.8 Å². The second-order valence-electron chi connectivity index (χ2n) is 8.35. The van der Waals surface area contributed by atoms with Gasteiger partial charge < -0.3 is 14.2 Å². The van der Waals surface area contributed by atoms with Crippen LogP contribution in [0.3, 0.4) is 0 Å². The Bertz CT molecular complexity index is 819. The van der Waals surface area contributed by atoms with Gasteiger partial charge in [-0.05, 0) is 61.4 Å². The Kier molecular flexibility index (Phi) is 14.3. The number of hydrogen-bond acceptors (Lipinski definition) is 6. The van der Waals surface area contributed by atoms with Crippen molar-refractivity contribution in [2.45, 2.75) is 78.1 Å². The molecule has 0 N–H and O–H groups in total. The summed E-state index contributed by atoms with van der Waals surface area (Å²) < 4.78 is 16.6. The van der Waals surface area contributed by atoms with Crippen molar-refractivity contribution in [3.8, 4) is 11.5 Å². The Morgan fingerprint density at radius 3 is 1.79 bits per heavy atom. The lowest BCUT2D eigenvalue weighted by molar-refractivity contribution is -0.135. The van der Waals surface area contributed by atoms with E-state index >= 15 is 0 Å². The molecule has 0 bridgehead atoms. The van der Waals surface area contributed by atoms with Gasteiger partial charge in [0.1, 0.15) is 11.5 Å². The molecule has 186 valence electrons. The lowest BCUT2D eigenvalue weighted by atomic mass is 10.2. The summed E-state index contributed by atoms with van der Waals surface area (Å²) in [5, 5.41) is 8.50. The van der Waals surface area contributed by atoms with Gasteiger partial charge in [0.15, 0.2) is 0 Å². The highest BCUT2D eigenvalue weighted by Gasteiger charge is 2.05. The van der Waals surface area contributed by atoms with Gasteiger partial charge in [-0.1, -0.05) is 58.8 Å².